The Labute approximate surface area is 204 Å². The van der Waals surface area contributed by atoms with Crippen molar-refractivity contribution in [2.45, 2.75) is 57.5 Å². The monoisotopic (exact) mass is 478 g/mol. The molecule has 3 aliphatic rings. The molecule has 2 amide bonds. The van der Waals surface area contributed by atoms with Gasteiger partial charge < -0.3 is 19.9 Å². The number of carbonyl (C=O) groups is 2. The van der Waals surface area contributed by atoms with E-state index in [2.05, 4.69) is 11.4 Å². The number of thiophene rings is 1. The van der Waals surface area contributed by atoms with Gasteiger partial charge in [0.1, 0.15) is 16.8 Å². The van der Waals surface area contributed by atoms with Crippen molar-refractivity contribution in [3.05, 3.63) is 40.3 Å². The van der Waals surface area contributed by atoms with Crippen LogP contribution in [0.15, 0.2) is 24.3 Å². The van der Waals surface area contributed by atoms with E-state index in [1.165, 1.54) is 11.3 Å². The fourth-order valence-corrected chi connectivity index (χ4v) is 6.45. The highest BCUT2D eigenvalue weighted by Crippen LogP contribution is 2.37. The van der Waals surface area contributed by atoms with Crippen molar-refractivity contribution in [3.8, 4) is 11.8 Å². The van der Waals surface area contributed by atoms with Crippen molar-refractivity contribution in [2.24, 2.45) is 0 Å². The third kappa shape index (κ3) is 4.62. The first-order valence-corrected chi connectivity index (χ1v) is 13.1. The van der Waals surface area contributed by atoms with Crippen LogP contribution in [0.1, 0.15) is 54.5 Å². The predicted molar refractivity (Wildman–Crippen MR) is 132 cm³/mol. The Morgan fingerprint density at radius 1 is 1.09 bits per heavy atom. The van der Waals surface area contributed by atoms with E-state index in [0.29, 0.717) is 22.9 Å². The van der Waals surface area contributed by atoms with E-state index >= 15 is 0 Å². The first kappa shape index (κ1) is 22.7. The number of nitriles is 1. The van der Waals surface area contributed by atoms with Gasteiger partial charge in [0.25, 0.3) is 5.91 Å². The number of fused-ring (bicyclic) bond motifs is 2. The normalized spacial score (nSPS) is 19.8. The minimum atomic E-state index is -0.631. The summed E-state index contributed by atoms with van der Waals surface area (Å²) in [7, 11) is 0. The molecule has 0 saturated carbocycles. The number of aryl methyl sites for hydroxylation is 1. The third-order valence-corrected chi connectivity index (χ3v) is 8.13. The number of nitrogens with zero attached hydrogens (tertiary/aromatic N) is 3. The fourth-order valence-electron chi connectivity index (χ4n) is 5.19. The highest BCUT2D eigenvalue weighted by atomic mass is 32.1. The first-order valence-electron chi connectivity index (χ1n) is 12.3. The zero-order valence-electron chi connectivity index (χ0n) is 19.3. The number of rotatable bonds is 4. The highest BCUT2D eigenvalue weighted by Gasteiger charge is 2.34. The van der Waals surface area contributed by atoms with Crippen LogP contribution in [0.4, 0.5) is 10.7 Å². The van der Waals surface area contributed by atoms with Gasteiger partial charge in [0.15, 0.2) is 6.10 Å². The zero-order chi connectivity index (χ0) is 23.5. The van der Waals surface area contributed by atoms with Gasteiger partial charge in [-0.2, -0.15) is 5.26 Å². The average Bonchev–Trinajstić information content (AvgIpc) is 3.02. The van der Waals surface area contributed by atoms with Crippen LogP contribution in [0.25, 0.3) is 0 Å². The summed E-state index contributed by atoms with van der Waals surface area (Å²) in [4.78, 5) is 31.3. The van der Waals surface area contributed by atoms with Gasteiger partial charge in [0, 0.05) is 18.0 Å². The average molecular weight is 479 g/mol. The minimum absolute atomic E-state index is 0.00613. The van der Waals surface area contributed by atoms with Crippen LogP contribution in [0, 0.1) is 11.3 Å². The SMILES string of the molecule is N#Cc1c(NC(=O)CN2CC(C(=O)N3CCCCC3)Oc3ccccc32)sc2c1CCCCC2. The van der Waals surface area contributed by atoms with Crippen LogP contribution in [0.3, 0.4) is 0 Å². The molecule has 5 rings (SSSR count). The van der Waals surface area contributed by atoms with Crippen LogP contribution in [0.2, 0.25) is 0 Å². The molecule has 1 aromatic heterocycles. The van der Waals surface area contributed by atoms with Crippen molar-refractivity contribution < 1.29 is 14.3 Å². The Morgan fingerprint density at radius 3 is 2.68 bits per heavy atom. The number of ether oxygens (including phenoxy) is 1. The maximum atomic E-state index is 13.1. The van der Waals surface area contributed by atoms with Crippen LogP contribution < -0.4 is 15.0 Å². The smallest absolute Gasteiger partial charge is 0.265 e. The van der Waals surface area contributed by atoms with Gasteiger partial charge in [-0.05, 0) is 62.6 Å². The van der Waals surface area contributed by atoms with Gasteiger partial charge in [-0.3, -0.25) is 9.59 Å². The number of piperidine rings is 1. The molecule has 0 bridgehead atoms. The molecule has 0 radical (unpaired) electrons. The molecule has 8 heteroatoms. The Morgan fingerprint density at radius 2 is 1.85 bits per heavy atom. The molecular formula is C26H30N4O3S. The summed E-state index contributed by atoms with van der Waals surface area (Å²) in [5.74, 6) is 0.430. The number of hydrogen-bond donors (Lipinski definition) is 1. The van der Waals surface area contributed by atoms with Crippen molar-refractivity contribution >= 4 is 33.8 Å². The summed E-state index contributed by atoms with van der Waals surface area (Å²) in [6, 6.07) is 9.87. The summed E-state index contributed by atoms with van der Waals surface area (Å²) in [6.07, 6.45) is 7.84. The molecule has 2 aromatic rings. The zero-order valence-corrected chi connectivity index (χ0v) is 20.2. The molecule has 1 unspecified atom stereocenters. The second kappa shape index (κ2) is 10.1. The van der Waals surface area contributed by atoms with E-state index in [9.17, 15) is 14.9 Å². The summed E-state index contributed by atoms with van der Waals surface area (Å²) in [6.45, 7) is 1.95. The molecule has 3 heterocycles. The van der Waals surface area contributed by atoms with Gasteiger partial charge in [-0.15, -0.1) is 11.3 Å². The second-order valence-electron chi connectivity index (χ2n) is 9.27. The number of amides is 2. The summed E-state index contributed by atoms with van der Waals surface area (Å²) in [5, 5.41) is 13.4. The van der Waals surface area contributed by atoms with E-state index in [1.54, 1.807) is 11.3 Å². The van der Waals surface area contributed by atoms with E-state index in [-0.39, 0.29) is 18.4 Å². The van der Waals surface area contributed by atoms with Crippen molar-refractivity contribution in [1.82, 2.24) is 4.90 Å². The molecule has 1 aromatic carbocycles. The number of hydrogen-bond acceptors (Lipinski definition) is 6. The van der Waals surface area contributed by atoms with Crippen LogP contribution >= 0.6 is 11.3 Å². The molecule has 34 heavy (non-hydrogen) atoms. The molecule has 2 aliphatic heterocycles. The predicted octanol–water partition coefficient (Wildman–Crippen LogP) is 4.11. The van der Waals surface area contributed by atoms with Gasteiger partial charge in [-0.25, -0.2) is 0 Å². The van der Waals surface area contributed by atoms with Crippen molar-refractivity contribution in [1.29, 1.82) is 5.26 Å². The summed E-state index contributed by atoms with van der Waals surface area (Å²) in [5.41, 5.74) is 2.54. The quantitative estimate of drug-likeness (QED) is 0.669. The number of nitrogens with one attached hydrogen (secondary N) is 1. The fraction of sp³-hybridized carbons (Fsp3) is 0.500. The lowest BCUT2D eigenvalue weighted by Crippen LogP contribution is -2.52. The third-order valence-electron chi connectivity index (χ3n) is 6.93. The highest BCUT2D eigenvalue weighted by molar-refractivity contribution is 7.16. The molecule has 1 N–H and O–H groups in total. The Bertz CT molecular complexity index is 1120. The van der Waals surface area contributed by atoms with E-state index < -0.39 is 6.10 Å². The van der Waals surface area contributed by atoms with E-state index in [0.717, 1.165) is 69.3 Å². The van der Waals surface area contributed by atoms with Gasteiger partial charge >= 0.3 is 0 Å². The van der Waals surface area contributed by atoms with E-state index in [1.807, 2.05) is 34.1 Å². The van der Waals surface area contributed by atoms with Crippen LogP contribution in [-0.4, -0.2) is 49.0 Å². The van der Waals surface area contributed by atoms with Gasteiger partial charge in [0.2, 0.25) is 5.91 Å². The number of likely N-dealkylation sites (tertiary alicyclic amines) is 1. The number of carbonyl (C=O) groups excluding carboxylic acids is 2. The largest absolute Gasteiger partial charge is 0.477 e. The standard InChI is InChI=1S/C26H30N4O3S/c27-15-19-18-9-3-1-4-12-23(18)34-25(19)28-24(31)17-30-16-22(26(32)29-13-7-2-8-14-29)33-21-11-6-5-10-20(21)30/h5-6,10-11,22H,1-4,7-9,12-14,16-17H2,(H,28,31). The lowest BCUT2D eigenvalue weighted by molar-refractivity contribution is -0.139. The molecular weight excluding hydrogens is 448 g/mol. The Balaban J connectivity index is 1.32. The Hall–Kier alpha value is -3.05. The number of para-hydroxylation sites is 2. The first-order chi connectivity index (χ1) is 16.6. The van der Waals surface area contributed by atoms with Crippen molar-refractivity contribution in [2.75, 3.05) is 36.4 Å². The maximum absolute atomic E-state index is 13.1. The lowest BCUT2D eigenvalue weighted by Gasteiger charge is -2.38. The van der Waals surface area contributed by atoms with Gasteiger partial charge in [0.05, 0.1) is 24.3 Å². The Kier molecular flexibility index (Phi) is 6.73. The molecule has 1 saturated heterocycles. The minimum Gasteiger partial charge on any atom is -0.477 e. The van der Waals surface area contributed by atoms with Crippen molar-refractivity contribution in [3.63, 3.8) is 0 Å². The summed E-state index contributed by atoms with van der Waals surface area (Å²) >= 11 is 1.54. The van der Waals surface area contributed by atoms with Gasteiger partial charge in [-0.1, -0.05) is 18.6 Å². The molecule has 7 nitrogen and oxygen atoms in total. The topological polar surface area (TPSA) is 85.7 Å². The summed E-state index contributed by atoms with van der Waals surface area (Å²) < 4.78 is 6.07. The molecule has 1 atom stereocenters. The lowest BCUT2D eigenvalue weighted by atomic mass is 10.1. The van der Waals surface area contributed by atoms with Crippen LogP contribution in [-0.2, 0) is 22.4 Å². The second-order valence-corrected chi connectivity index (χ2v) is 10.4. The number of benzene rings is 1. The molecule has 178 valence electrons. The van der Waals surface area contributed by atoms with E-state index in [4.69, 9.17) is 4.74 Å². The molecule has 1 aliphatic carbocycles. The molecule has 1 fully saturated rings. The molecule has 0 spiro atoms. The number of anilines is 2. The van der Waals surface area contributed by atoms with Crippen LogP contribution in [0.5, 0.6) is 5.75 Å². The maximum Gasteiger partial charge on any atom is 0.265 e.